The molecule has 0 aliphatic carbocycles. The molecule has 0 unspecified atom stereocenters. The van der Waals surface area contributed by atoms with Gasteiger partial charge in [0.15, 0.2) is 23.9 Å². The number of allylic oxidation sites excluding steroid dienone is 1. The number of benzene rings is 2. The third kappa shape index (κ3) is 5.54. The van der Waals surface area contributed by atoms with Crippen molar-refractivity contribution in [2.45, 2.75) is 13.5 Å². The van der Waals surface area contributed by atoms with Crippen LogP contribution in [-0.2, 0) is 0 Å². The Kier molecular flexibility index (Phi) is 6.89. The lowest BCUT2D eigenvalue weighted by Crippen LogP contribution is -2.07. The summed E-state index contributed by atoms with van der Waals surface area (Å²) in [6, 6.07) is 11.2. The minimum absolute atomic E-state index is 0.0486. The molecule has 0 spiro atoms. The SMILES string of the molecule is COc1cc(/C=C/C(=O)c2cc(C)ccc2OC(F)F)ccc1OCC#N. The average molecular weight is 373 g/mol. The van der Waals surface area contributed by atoms with E-state index in [0.29, 0.717) is 17.1 Å². The van der Waals surface area contributed by atoms with Crippen molar-refractivity contribution >= 4 is 11.9 Å². The lowest BCUT2D eigenvalue weighted by Gasteiger charge is -2.10. The molecular formula is C20H17F2NO4. The van der Waals surface area contributed by atoms with Crippen molar-refractivity contribution in [2.24, 2.45) is 0 Å². The molecular weight excluding hydrogens is 356 g/mol. The van der Waals surface area contributed by atoms with Gasteiger partial charge in [-0.25, -0.2) is 0 Å². The van der Waals surface area contributed by atoms with Crippen molar-refractivity contribution in [1.29, 1.82) is 5.26 Å². The van der Waals surface area contributed by atoms with Crippen LogP contribution in [-0.4, -0.2) is 26.1 Å². The zero-order chi connectivity index (χ0) is 19.8. The van der Waals surface area contributed by atoms with Crippen LogP contribution in [0.4, 0.5) is 8.78 Å². The second kappa shape index (κ2) is 9.34. The number of ketones is 1. The summed E-state index contributed by atoms with van der Waals surface area (Å²) in [4.78, 5) is 12.4. The number of alkyl halides is 2. The zero-order valence-corrected chi connectivity index (χ0v) is 14.7. The van der Waals surface area contributed by atoms with E-state index in [0.717, 1.165) is 5.56 Å². The number of methoxy groups -OCH3 is 1. The highest BCUT2D eigenvalue weighted by Crippen LogP contribution is 2.29. The summed E-state index contributed by atoms with van der Waals surface area (Å²) < 4.78 is 39.9. The highest BCUT2D eigenvalue weighted by atomic mass is 19.3. The normalized spacial score (nSPS) is 10.7. The molecule has 2 rings (SSSR count). The van der Waals surface area contributed by atoms with Gasteiger partial charge in [-0.2, -0.15) is 14.0 Å². The van der Waals surface area contributed by atoms with Crippen molar-refractivity contribution in [3.8, 4) is 23.3 Å². The molecule has 0 aliphatic heterocycles. The first-order valence-corrected chi connectivity index (χ1v) is 7.90. The lowest BCUT2D eigenvalue weighted by atomic mass is 10.1. The van der Waals surface area contributed by atoms with Crippen molar-refractivity contribution in [1.82, 2.24) is 0 Å². The number of nitriles is 1. The van der Waals surface area contributed by atoms with Crippen LogP contribution in [0.2, 0.25) is 0 Å². The monoisotopic (exact) mass is 373 g/mol. The third-order valence-corrected chi connectivity index (χ3v) is 3.52. The van der Waals surface area contributed by atoms with Gasteiger partial charge in [-0.1, -0.05) is 23.8 Å². The van der Waals surface area contributed by atoms with E-state index in [1.165, 1.54) is 31.4 Å². The number of nitrogens with zero attached hydrogens (tertiary/aromatic N) is 1. The zero-order valence-electron chi connectivity index (χ0n) is 14.7. The Morgan fingerprint density at radius 2 is 1.93 bits per heavy atom. The first kappa shape index (κ1) is 19.9. The topological polar surface area (TPSA) is 68.6 Å². The molecule has 5 nitrogen and oxygen atoms in total. The first-order chi connectivity index (χ1) is 12.9. The van der Waals surface area contributed by atoms with Crippen LogP contribution in [0.5, 0.6) is 17.2 Å². The fraction of sp³-hybridized carbons (Fsp3) is 0.200. The van der Waals surface area contributed by atoms with E-state index < -0.39 is 12.4 Å². The molecule has 0 saturated heterocycles. The fourth-order valence-electron chi connectivity index (χ4n) is 2.31. The molecule has 0 amide bonds. The minimum atomic E-state index is -3.02. The summed E-state index contributed by atoms with van der Waals surface area (Å²) in [7, 11) is 1.45. The average Bonchev–Trinajstić information content (AvgIpc) is 2.65. The van der Waals surface area contributed by atoms with Gasteiger partial charge in [0.05, 0.1) is 12.7 Å². The quantitative estimate of drug-likeness (QED) is 0.507. The molecule has 140 valence electrons. The summed E-state index contributed by atoms with van der Waals surface area (Å²) in [6.45, 7) is -1.39. The summed E-state index contributed by atoms with van der Waals surface area (Å²) in [5.41, 5.74) is 1.43. The van der Waals surface area contributed by atoms with E-state index in [1.54, 1.807) is 31.2 Å². The van der Waals surface area contributed by atoms with E-state index in [9.17, 15) is 13.6 Å². The second-order valence-electron chi connectivity index (χ2n) is 5.43. The van der Waals surface area contributed by atoms with E-state index in [2.05, 4.69) is 4.74 Å². The van der Waals surface area contributed by atoms with E-state index in [4.69, 9.17) is 14.7 Å². The number of hydrogen-bond acceptors (Lipinski definition) is 5. The molecule has 0 bridgehead atoms. The van der Waals surface area contributed by atoms with Gasteiger partial charge in [-0.05, 0) is 42.8 Å². The van der Waals surface area contributed by atoms with Gasteiger partial charge >= 0.3 is 6.61 Å². The van der Waals surface area contributed by atoms with Crippen molar-refractivity contribution in [3.05, 3.63) is 59.2 Å². The summed E-state index contributed by atoms with van der Waals surface area (Å²) >= 11 is 0. The standard InChI is InChI=1S/C20H17F2NO4/c1-13-3-7-17(27-20(21)22)15(11-13)16(24)6-4-14-5-8-18(26-10-9-23)19(12-14)25-2/h3-8,11-12,20H,10H2,1-2H3/b6-4+. The van der Waals surface area contributed by atoms with Gasteiger partial charge in [-0.3, -0.25) is 4.79 Å². The minimum Gasteiger partial charge on any atom is -0.493 e. The summed E-state index contributed by atoms with van der Waals surface area (Å²) in [6.07, 6.45) is 2.78. The Morgan fingerprint density at radius 3 is 2.59 bits per heavy atom. The number of halogens is 2. The maximum atomic E-state index is 12.5. The van der Waals surface area contributed by atoms with Gasteiger partial charge in [0, 0.05) is 0 Å². The molecule has 2 aromatic carbocycles. The van der Waals surface area contributed by atoms with Crippen LogP contribution in [0.15, 0.2) is 42.5 Å². The molecule has 7 heteroatoms. The molecule has 0 aromatic heterocycles. The largest absolute Gasteiger partial charge is 0.493 e. The van der Waals surface area contributed by atoms with Gasteiger partial charge in [0.25, 0.3) is 0 Å². The van der Waals surface area contributed by atoms with E-state index in [-0.39, 0.29) is 17.9 Å². The number of rotatable bonds is 8. The van der Waals surface area contributed by atoms with Gasteiger partial charge in [0.1, 0.15) is 11.8 Å². The number of carbonyl (C=O) groups is 1. The van der Waals surface area contributed by atoms with Crippen molar-refractivity contribution in [3.63, 3.8) is 0 Å². The van der Waals surface area contributed by atoms with Crippen LogP contribution in [0, 0.1) is 18.3 Å². The molecule has 2 aromatic rings. The Morgan fingerprint density at radius 1 is 1.19 bits per heavy atom. The van der Waals surface area contributed by atoms with Crippen molar-refractivity contribution < 1.29 is 27.8 Å². The van der Waals surface area contributed by atoms with Gasteiger partial charge < -0.3 is 14.2 Å². The summed E-state index contributed by atoms with van der Waals surface area (Å²) in [5.74, 6) is 0.146. The van der Waals surface area contributed by atoms with Crippen molar-refractivity contribution in [2.75, 3.05) is 13.7 Å². The Bertz CT molecular complexity index is 888. The molecule has 0 aliphatic rings. The highest BCUT2D eigenvalue weighted by Gasteiger charge is 2.14. The lowest BCUT2D eigenvalue weighted by molar-refractivity contribution is -0.0501. The van der Waals surface area contributed by atoms with E-state index in [1.807, 2.05) is 6.07 Å². The first-order valence-electron chi connectivity index (χ1n) is 7.90. The smallest absolute Gasteiger partial charge is 0.387 e. The maximum absolute atomic E-state index is 12.5. The molecule has 0 radical (unpaired) electrons. The summed E-state index contributed by atoms with van der Waals surface area (Å²) in [5, 5.41) is 8.57. The Balaban J connectivity index is 2.24. The predicted octanol–water partition coefficient (Wildman–Crippen LogP) is 4.40. The number of carbonyl (C=O) groups excluding carboxylic acids is 1. The maximum Gasteiger partial charge on any atom is 0.387 e. The molecule has 0 atom stereocenters. The molecule has 0 N–H and O–H groups in total. The number of hydrogen-bond donors (Lipinski definition) is 0. The van der Waals surface area contributed by atoms with Crippen LogP contribution >= 0.6 is 0 Å². The number of ether oxygens (including phenoxy) is 3. The molecule has 0 heterocycles. The molecule has 0 saturated carbocycles. The number of aryl methyl sites for hydroxylation is 1. The Hall–Kier alpha value is -3.40. The van der Waals surface area contributed by atoms with Gasteiger partial charge in [-0.15, -0.1) is 0 Å². The molecule has 0 fully saturated rings. The van der Waals surface area contributed by atoms with Crippen LogP contribution in [0.1, 0.15) is 21.5 Å². The second-order valence-corrected chi connectivity index (χ2v) is 5.43. The highest BCUT2D eigenvalue weighted by molar-refractivity contribution is 6.08. The third-order valence-electron chi connectivity index (χ3n) is 3.52. The van der Waals surface area contributed by atoms with Crippen LogP contribution < -0.4 is 14.2 Å². The van der Waals surface area contributed by atoms with Crippen LogP contribution in [0.25, 0.3) is 6.08 Å². The van der Waals surface area contributed by atoms with Gasteiger partial charge in [0.2, 0.25) is 0 Å². The van der Waals surface area contributed by atoms with E-state index >= 15 is 0 Å². The van der Waals surface area contributed by atoms with Crippen LogP contribution in [0.3, 0.4) is 0 Å². The molecule has 27 heavy (non-hydrogen) atoms. The Labute approximate surface area is 155 Å². The predicted molar refractivity (Wildman–Crippen MR) is 95.3 cm³/mol. The fourth-order valence-corrected chi connectivity index (χ4v) is 2.31.